The number of aromatic carboxylic acids is 1. The lowest BCUT2D eigenvalue weighted by atomic mass is 9.93. The van der Waals surface area contributed by atoms with Crippen LogP contribution in [0, 0.1) is 40.4 Å². The lowest BCUT2D eigenvalue weighted by Gasteiger charge is -2.12. The summed E-state index contributed by atoms with van der Waals surface area (Å²) in [6.45, 7) is 8.89. The summed E-state index contributed by atoms with van der Waals surface area (Å²) in [6.07, 6.45) is 0. The van der Waals surface area contributed by atoms with Crippen LogP contribution in [-0.2, 0) is 0 Å². The van der Waals surface area contributed by atoms with Crippen LogP contribution in [0.1, 0.15) is 38.2 Å². The molecule has 6 heteroatoms. The molecular formula is C20H19FN2O3. The highest BCUT2D eigenvalue weighted by molar-refractivity contribution is 5.93. The topological polar surface area (TPSA) is 76.2 Å². The van der Waals surface area contributed by atoms with Gasteiger partial charge in [0.05, 0.1) is 11.1 Å². The number of aromatic nitrogens is 2. The molecule has 0 aliphatic rings. The van der Waals surface area contributed by atoms with Crippen LogP contribution in [0.15, 0.2) is 22.7 Å². The molecule has 0 aliphatic carbocycles. The average molecular weight is 354 g/mol. The number of hydrogen-bond acceptors (Lipinski definition) is 4. The molecule has 3 rings (SSSR count). The van der Waals surface area contributed by atoms with E-state index in [1.54, 1.807) is 20.8 Å². The van der Waals surface area contributed by atoms with Gasteiger partial charge in [-0.15, -0.1) is 0 Å². The van der Waals surface area contributed by atoms with Gasteiger partial charge in [0.1, 0.15) is 5.82 Å². The third-order valence-corrected chi connectivity index (χ3v) is 4.63. The summed E-state index contributed by atoms with van der Waals surface area (Å²) in [7, 11) is 0. The predicted octanol–water partition coefficient (Wildman–Crippen LogP) is 4.78. The third kappa shape index (κ3) is 2.87. The molecule has 0 unspecified atom stereocenters. The number of benzene rings is 2. The average Bonchev–Trinajstić information content (AvgIpc) is 2.99. The van der Waals surface area contributed by atoms with Crippen molar-refractivity contribution < 1.29 is 18.8 Å². The maximum absolute atomic E-state index is 14.4. The van der Waals surface area contributed by atoms with Gasteiger partial charge in [-0.2, -0.15) is 4.98 Å². The normalized spacial score (nSPS) is 11.0. The van der Waals surface area contributed by atoms with Crippen LogP contribution in [0.25, 0.3) is 22.8 Å². The van der Waals surface area contributed by atoms with Gasteiger partial charge in [0.2, 0.25) is 5.82 Å². The summed E-state index contributed by atoms with van der Waals surface area (Å²) in [5, 5.41) is 13.5. The Bertz CT molecular complexity index is 1010. The summed E-state index contributed by atoms with van der Waals surface area (Å²) < 4.78 is 19.7. The van der Waals surface area contributed by atoms with Crippen LogP contribution in [0.3, 0.4) is 0 Å². The van der Waals surface area contributed by atoms with E-state index in [-0.39, 0.29) is 22.8 Å². The highest BCUT2D eigenvalue weighted by Gasteiger charge is 2.22. The molecule has 2 aromatic carbocycles. The molecule has 0 radical (unpaired) electrons. The maximum Gasteiger partial charge on any atom is 0.336 e. The number of carboxylic acid groups (broad SMARTS) is 1. The summed E-state index contributed by atoms with van der Waals surface area (Å²) in [6, 6.07) is 5.08. The molecule has 0 aliphatic heterocycles. The second kappa shape index (κ2) is 6.37. The van der Waals surface area contributed by atoms with E-state index >= 15 is 0 Å². The van der Waals surface area contributed by atoms with Gasteiger partial charge in [-0.25, -0.2) is 9.18 Å². The summed E-state index contributed by atoms with van der Waals surface area (Å²) in [5.41, 5.74) is 4.60. The van der Waals surface area contributed by atoms with Gasteiger partial charge in [0.15, 0.2) is 0 Å². The lowest BCUT2D eigenvalue weighted by molar-refractivity contribution is 0.0695. The van der Waals surface area contributed by atoms with Crippen molar-refractivity contribution in [3.05, 3.63) is 57.4 Å². The first-order chi connectivity index (χ1) is 12.2. The van der Waals surface area contributed by atoms with E-state index in [2.05, 4.69) is 10.1 Å². The number of hydrogen-bond donors (Lipinski definition) is 1. The Morgan fingerprint density at radius 3 is 2.35 bits per heavy atom. The molecule has 5 nitrogen and oxygen atoms in total. The Kier molecular flexibility index (Phi) is 4.36. The van der Waals surface area contributed by atoms with E-state index < -0.39 is 11.8 Å². The van der Waals surface area contributed by atoms with E-state index in [0.29, 0.717) is 22.3 Å². The Balaban J connectivity index is 2.17. The fourth-order valence-electron chi connectivity index (χ4n) is 3.22. The fourth-order valence-corrected chi connectivity index (χ4v) is 3.22. The minimum atomic E-state index is -1.01. The van der Waals surface area contributed by atoms with Crippen LogP contribution < -0.4 is 0 Å². The molecule has 0 atom stereocenters. The lowest BCUT2D eigenvalue weighted by Crippen LogP contribution is -2.06. The monoisotopic (exact) mass is 354 g/mol. The zero-order valence-electron chi connectivity index (χ0n) is 15.3. The van der Waals surface area contributed by atoms with E-state index in [0.717, 1.165) is 11.1 Å². The molecular weight excluding hydrogens is 335 g/mol. The van der Waals surface area contributed by atoms with Crippen LogP contribution in [-0.4, -0.2) is 21.2 Å². The van der Waals surface area contributed by atoms with E-state index in [9.17, 15) is 14.3 Å². The van der Waals surface area contributed by atoms with Crippen molar-refractivity contribution in [1.29, 1.82) is 0 Å². The maximum atomic E-state index is 14.4. The zero-order chi connectivity index (χ0) is 19.2. The van der Waals surface area contributed by atoms with Crippen molar-refractivity contribution in [3.63, 3.8) is 0 Å². The molecule has 26 heavy (non-hydrogen) atoms. The SMILES string of the molecule is Cc1cc(C)c(-c2nc(-c3cc(C)c(C)c(C(=O)O)c3C)no2)c(F)c1. The molecule has 0 amide bonds. The Morgan fingerprint density at radius 1 is 1.04 bits per heavy atom. The molecule has 0 fully saturated rings. The molecule has 1 N–H and O–H groups in total. The van der Waals surface area contributed by atoms with Gasteiger partial charge < -0.3 is 9.63 Å². The summed E-state index contributed by atoms with van der Waals surface area (Å²) in [4.78, 5) is 15.9. The number of carbonyl (C=O) groups is 1. The Hall–Kier alpha value is -3.02. The third-order valence-electron chi connectivity index (χ3n) is 4.63. The van der Waals surface area contributed by atoms with Crippen molar-refractivity contribution in [1.82, 2.24) is 10.1 Å². The predicted molar refractivity (Wildman–Crippen MR) is 95.8 cm³/mol. The smallest absolute Gasteiger partial charge is 0.336 e. The first-order valence-corrected chi connectivity index (χ1v) is 8.16. The fraction of sp³-hybridized carbons (Fsp3) is 0.250. The number of carboxylic acids is 1. The second-order valence-electron chi connectivity index (χ2n) is 6.53. The molecule has 0 bridgehead atoms. The number of nitrogens with zero attached hydrogens (tertiary/aromatic N) is 2. The Labute approximate surface area is 150 Å². The second-order valence-corrected chi connectivity index (χ2v) is 6.53. The van der Waals surface area contributed by atoms with E-state index in [1.165, 1.54) is 6.07 Å². The van der Waals surface area contributed by atoms with Gasteiger partial charge >= 0.3 is 5.97 Å². The highest BCUT2D eigenvalue weighted by Crippen LogP contribution is 2.32. The van der Waals surface area contributed by atoms with Crippen LogP contribution in [0.2, 0.25) is 0 Å². The molecule has 0 spiro atoms. The zero-order valence-corrected chi connectivity index (χ0v) is 15.3. The highest BCUT2D eigenvalue weighted by atomic mass is 19.1. The van der Waals surface area contributed by atoms with Gasteiger partial charge in [-0.1, -0.05) is 11.2 Å². The molecule has 3 aromatic rings. The van der Waals surface area contributed by atoms with Crippen molar-refractivity contribution >= 4 is 5.97 Å². The van der Waals surface area contributed by atoms with Crippen molar-refractivity contribution in [3.8, 4) is 22.8 Å². The first-order valence-electron chi connectivity index (χ1n) is 8.16. The van der Waals surface area contributed by atoms with Crippen LogP contribution >= 0.6 is 0 Å². The first kappa shape index (κ1) is 17.8. The van der Waals surface area contributed by atoms with Gasteiger partial charge in [0, 0.05) is 5.56 Å². The molecule has 1 heterocycles. The number of rotatable bonds is 3. The van der Waals surface area contributed by atoms with Crippen molar-refractivity contribution in [2.45, 2.75) is 34.6 Å². The van der Waals surface area contributed by atoms with Crippen LogP contribution in [0.5, 0.6) is 0 Å². The van der Waals surface area contributed by atoms with Crippen LogP contribution in [0.4, 0.5) is 4.39 Å². The standard InChI is InChI=1S/C20H19FN2O3/c1-9-6-11(3)16(15(21)7-9)19-22-18(23-26-19)14-8-10(2)12(4)17(13(14)5)20(24)25/h6-8H,1-5H3,(H,24,25). The molecule has 134 valence electrons. The van der Waals surface area contributed by atoms with E-state index in [1.807, 2.05) is 26.0 Å². The van der Waals surface area contributed by atoms with Gasteiger partial charge in [0.25, 0.3) is 5.89 Å². The van der Waals surface area contributed by atoms with Gasteiger partial charge in [-0.05, 0) is 74.6 Å². The Morgan fingerprint density at radius 2 is 1.73 bits per heavy atom. The minimum absolute atomic E-state index is 0.0736. The van der Waals surface area contributed by atoms with E-state index in [4.69, 9.17) is 4.52 Å². The van der Waals surface area contributed by atoms with Crippen molar-refractivity contribution in [2.24, 2.45) is 0 Å². The molecule has 0 saturated carbocycles. The largest absolute Gasteiger partial charge is 0.478 e. The van der Waals surface area contributed by atoms with Crippen molar-refractivity contribution in [2.75, 3.05) is 0 Å². The summed E-state index contributed by atoms with van der Waals surface area (Å²) in [5.74, 6) is -1.12. The number of halogens is 1. The summed E-state index contributed by atoms with van der Waals surface area (Å²) >= 11 is 0. The quantitative estimate of drug-likeness (QED) is 0.732. The number of aryl methyl sites for hydroxylation is 3. The molecule has 1 aromatic heterocycles. The molecule has 0 saturated heterocycles. The van der Waals surface area contributed by atoms with Gasteiger partial charge in [-0.3, -0.25) is 0 Å². The minimum Gasteiger partial charge on any atom is -0.478 e.